The third-order valence-electron chi connectivity index (χ3n) is 7.50. The third-order valence-corrected chi connectivity index (χ3v) is 7.50. The van der Waals surface area contributed by atoms with Gasteiger partial charge in [-0.2, -0.15) is 0 Å². The molecule has 4 atom stereocenters. The molecule has 1 aliphatic heterocycles. The third kappa shape index (κ3) is 3.48. The summed E-state index contributed by atoms with van der Waals surface area (Å²) in [6, 6.07) is 11.9. The lowest BCUT2D eigenvalue weighted by atomic mass is 9.89. The normalized spacial score (nSPS) is 25.3. The molecule has 168 valence electrons. The van der Waals surface area contributed by atoms with E-state index in [0.29, 0.717) is 23.5 Å². The van der Waals surface area contributed by atoms with Crippen molar-refractivity contribution in [2.75, 3.05) is 20.8 Å². The van der Waals surface area contributed by atoms with Crippen LogP contribution in [0.25, 0.3) is 10.9 Å². The maximum atomic E-state index is 11.4. The number of nitrogens with zero attached hydrogens (tertiary/aromatic N) is 1. The fourth-order valence-corrected chi connectivity index (χ4v) is 6.01. The molecule has 1 saturated carbocycles. The van der Waals surface area contributed by atoms with Gasteiger partial charge < -0.3 is 19.6 Å². The number of H-pyrrole nitrogens is 1. The topological polar surface area (TPSA) is 74.8 Å². The molecule has 1 saturated heterocycles. The lowest BCUT2D eigenvalue weighted by Crippen LogP contribution is -2.27. The van der Waals surface area contributed by atoms with Gasteiger partial charge in [-0.15, -0.1) is 0 Å². The van der Waals surface area contributed by atoms with E-state index in [4.69, 9.17) is 9.47 Å². The number of carboxylic acids is 1. The molecule has 0 radical (unpaired) electrons. The van der Waals surface area contributed by atoms with Crippen LogP contribution in [0, 0.1) is 18.8 Å². The maximum Gasteiger partial charge on any atom is 0.335 e. The molecule has 5 rings (SSSR count). The minimum atomic E-state index is -0.891. The molecule has 6 heteroatoms. The number of likely N-dealkylation sites (tertiary alicyclic amines) is 1. The lowest BCUT2D eigenvalue weighted by Gasteiger charge is -2.30. The van der Waals surface area contributed by atoms with E-state index in [1.165, 1.54) is 22.1 Å². The summed E-state index contributed by atoms with van der Waals surface area (Å²) < 4.78 is 11.5. The van der Waals surface area contributed by atoms with Crippen molar-refractivity contribution >= 4 is 16.9 Å². The average Bonchev–Trinajstić information content (AvgIpc) is 3.50. The number of carboxylic acid groups (broad SMARTS) is 1. The Labute approximate surface area is 188 Å². The summed E-state index contributed by atoms with van der Waals surface area (Å²) in [7, 11) is 3.54. The highest BCUT2D eigenvalue weighted by Crippen LogP contribution is 2.51. The minimum Gasteiger partial charge on any atom is -0.496 e. The molecule has 2 heterocycles. The lowest BCUT2D eigenvalue weighted by molar-refractivity contribution is 0.0697. The van der Waals surface area contributed by atoms with Gasteiger partial charge in [-0.05, 0) is 67.0 Å². The Morgan fingerprint density at radius 1 is 1.19 bits per heavy atom. The second-order valence-electron chi connectivity index (χ2n) is 9.20. The SMILES string of the molecule is COc1cc(C)c2[nH]ccc2c1CN1CC2CC(OC)CC2C1c1ccc(C(=O)O)cc1. The van der Waals surface area contributed by atoms with Gasteiger partial charge in [0.25, 0.3) is 0 Å². The van der Waals surface area contributed by atoms with Crippen molar-refractivity contribution in [3.8, 4) is 5.75 Å². The molecule has 0 amide bonds. The van der Waals surface area contributed by atoms with Crippen LogP contribution in [0.5, 0.6) is 5.75 Å². The number of ether oxygens (including phenoxy) is 2. The van der Waals surface area contributed by atoms with Crippen molar-refractivity contribution < 1.29 is 19.4 Å². The first kappa shape index (κ1) is 21.0. The van der Waals surface area contributed by atoms with Gasteiger partial charge in [0.05, 0.1) is 18.8 Å². The number of fused-ring (bicyclic) bond motifs is 2. The maximum absolute atomic E-state index is 11.4. The number of carbonyl (C=O) groups is 1. The monoisotopic (exact) mass is 434 g/mol. The fourth-order valence-electron chi connectivity index (χ4n) is 6.01. The standard InChI is InChI=1S/C26H30N2O4/c1-15-10-23(32-3)22(20-8-9-27-24(15)20)14-28-13-18-11-19(31-2)12-21(18)25(28)16-4-6-17(7-5-16)26(29)30/h4-10,18-19,21,25,27H,11-14H2,1-3H3,(H,29,30). The van der Waals surface area contributed by atoms with Gasteiger partial charge in [0.2, 0.25) is 0 Å². The fraction of sp³-hybridized carbons (Fsp3) is 0.423. The molecule has 0 bridgehead atoms. The van der Waals surface area contributed by atoms with Crippen molar-refractivity contribution in [1.29, 1.82) is 0 Å². The Morgan fingerprint density at radius 3 is 2.66 bits per heavy atom. The Kier molecular flexibility index (Phi) is 5.43. The average molecular weight is 435 g/mol. The molecule has 2 N–H and O–H groups in total. The molecule has 2 aromatic carbocycles. The van der Waals surface area contributed by atoms with Crippen molar-refractivity contribution in [3.63, 3.8) is 0 Å². The highest BCUT2D eigenvalue weighted by molar-refractivity contribution is 5.88. The number of nitrogens with one attached hydrogen (secondary N) is 1. The molecule has 3 aromatic rings. The predicted molar refractivity (Wildman–Crippen MR) is 123 cm³/mol. The van der Waals surface area contributed by atoms with E-state index in [9.17, 15) is 9.90 Å². The number of aromatic nitrogens is 1. The Morgan fingerprint density at radius 2 is 1.97 bits per heavy atom. The van der Waals surface area contributed by atoms with Crippen LogP contribution < -0.4 is 4.74 Å². The number of aromatic carboxylic acids is 1. The highest BCUT2D eigenvalue weighted by Gasteiger charge is 2.48. The number of aromatic amines is 1. The van der Waals surface area contributed by atoms with E-state index in [1.807, 2.05) is 18.3 Å². The van der Waals surface area contributed by atoms with Gasteiger partial charge in [0.1, 0.15) is 5.75 Å². The minimum absolute atomic E-state index is 0.225. The second kappa shape index (κ2) is 8.26. The summed E-state index contributed by atoms with van der Waals surface area (Å²) in [6.07, 6.45) is 4.41. The van der Waals surface area contributed by atoms with E-state index in [0.717, 1.165) is 37.2 Å². The van der Waals surface area contributed by atoms with Gasteiger partial charge in [0, 0.05) is 48.9 Å². The molecule has 0 spiro atoms. The van der Waals surface area contributed by atoms with Gasteiger partial charge in [-0.1, -0.05) is 12.1 Å². The Bertz CT molecular complexity index is 1140. The Hall–Kier alpha value is -2.83. The van der Waals surface area contributed by atoms with E-state index in [-0.39, 0.29) is 6.04 Å². The van der Waals surface area contributed by atoms with Crippen molar-refractivity contribution in [1.82, 2.24) is 9.88 Å². The van der Waals surface area contributed by atoms with E-state index >= 15 is 0 Å². The molecular formula is C26H30N2O4. The first-order valence-corrected chi connectivity index (χ1v) is 11.2. The van der Waals surface area contributed by atoms with Gasteiger partial charge in [0.15, 0.2) is 0 Å². The summed E-state index contributed by atoms with van der Waals surface area (Å²) in [4.78, 5) is 17.3. The number of hydrogen-bond donors (Lipinski definition) is 2. The molecule has 4 unspecified atom stereocenters. The number of rotatable bonds is 6. The van der Waals surface area contributed by atoms with Crippen LogP contribution in [0.15, 0.2) is 42.6 Å². The van der Waals surface area contributed by atoms with Crippen LogP contribution in [-0.4, -0.2) is 47.8 Å². The zero-order valence-corrected chi connectivity index (χ0v) is 18.8. The summed E-state index contributed by atoms with van der Waals surface area (Å²) in [5, 5.41) is 10.5. The van der Waals surface area contributed by atoms with Crippen molar-refractivity contribution in [2.45, 2.75) is 38.5 Å². The number of hydrogen-bond acceptors (Lipinski definition) is 4. The second-order valence-corrected chi connectivity index (χ2v) is 9.20. The van der Waals surface area contributed by atoms with Crippen LogP contribution in [0.1, 0.15) is 45.9 Å². The quantitative estimate of drug-likeness (QED) is 0.584. The van der Waals surface area contributed by atoms with Crippen LogP contribution >= 0.6 is 0 Å². The first-order chi connectivity index (χ1) is 15.5. The van der Waals surface area contributed by atoms with Crippen LogP contribution in [-0.2, 0) is 11.3 Å². The molecular weight excluding hydrogens is 404 g/mol. The van der Waals surface area contributed by atoms with E-state index in [2.05, 4.69) is 28.9 Å². The van der Waals surface area contributed by atoms with Gasteiger partial charge in [-0.3, -0.25) is 4.90 Å². The molecule has 1 aliphatic carbocycles. The smallest absolute Gasteiger partial charge is 0.335 e. The van der Waals surface area contributed by atoms with Crippen molar-refractivity contribution in [3.05, 3.63) is 64.8 Å². The first-order valence-electron chi connectivity index (χ1n) is 11.2. The van der Waals surface area contributed by atoms with Crippen LogP contribution in [0.2, 0.25) is 0 Å². The van der Waals surface area contributed by atoms with Crippen LogP contribution in [0.4, 0.5) is 0 Å². The number of methoxy groups -OCH3 is 2. The summed E-state index contributed by atoms with van der Waals surface area (Å²) >= 11 is 0. The van der Waals surface area contributed by atoms with E-state index < -0.39 is 5.97 Å². The molecule has 32 heavy (non-hydrogen) atoms. The van der Waals surface area contributed by atoms with Gasteiger partial charge in [-0.25, -0.2) is 4.79 Å². The van der Waals surface area contributed by atoms with Crippen LogP contribution in [0.3, 0.4) is 0 Å². The van der Waals surface area contributed by atoms with Crippen molar-refractivity contribution in [2.24, 2.45) is 11.8 Å². The van der Waals surface area contributed by atoms with Gasteiger partial charge >= 0.3 is 5.97 Å². The molecule has 1 aromatic heterocycles. The number of aryl methyl sites for hydroxylation is 1. The zero-order chi connectivity index (χ0) is 22.4. The largest absolute Gasteiger partial charge is 0.496 e. The summed E-state index contributed by atoms with van der Waals surface area (Å²) in [5.74, 6) is 1.09. The highest BCUT2D eigenvalue weighted by atomic mass is 16.5. The molecule has 6 nitrogen and oxygen atoms in total. The molecule has 2 fully saturated rings. The predicted octanol–water partition coefficient (Wildman–Crippen LogP) is 4.78. The molecule has 2 aliphatic rings. The summed E-state index contributed by atoms with van der Waals surface area (Å²) in [6.45, 7) is 3.88. The number of benzene rings is 2. The summed E-state index contributed by atoms with van der Waals surface area (Å²) in [5.41, 5.74) is 5.03. The Balaban J connectivity index is 1.53. The zero-order valence-electron chi connectivity index (χ0n) is 18.8. The van der Waals surface area contributed by atoms with E-state index in [1.54, 1.807) is 26.4 Å².